The Morgan fingerprint density at radius 3 is 2.10 bits per heavy atom. The van der Waals surface area contributed by atoms with Crippen molar-refractivity contribution in [3.05, 3.63) is 0 Å². The zero-order valence-electron chi connectivity index (χ0n) is 6.91. The lowest BCUT2D eigenvalue weighted by Gasteiger charge is -2.38. The lowest BCUT2D eigenvalue weighted by atomic mass is 9.85. The summed E-state index contributed by atoms with van der Waals surface area (Å²) in [5.41, 5.74) is 0.0369. The predicted octanol–water partition coefficient (Wildman–Crippen LogP) is 2.51. The molecule has 0 amide bonds. The van der Waals surface area contributed by atoms with Crippen molar-refractivity contribution in [2.75, 3.05) is 6.61 Å². The Bertz CT molecular complexity index is 122. The molecule has 1 saturated heterocycles. The van der Waals surface area contributed by atoms with Crippen LogP contribution in [0, 0.1) is 5.41 Å². The second-order valence-corrected chi connectivity index (χ2v) is 4.22. The summed E-state index contributed by atoms with van der Waals surface area (Å²) in [4.78, 5) is 0. The van der Waals surface area contributed by atoms with Crippen LogP contribution in [0.1, 0.15) is 33.6 Å². The van der Waals surface area contributed by atoms with Crippen LogP contribution in [-0.4, -0.2) is 12.5 Å². The molecule has 0 aromatic carbocycles. The second-order valence-electron chi connectivity index (χ2n) is 4.22. The molecule has 0 spiro atoms. The van der Waals surface area contributed by atoms with Crippen LogP contribution in [0.5, 0.6) is 0 Å². The van der Waals surface area contributed by atoms with E-state index in [4.69, 9.17) is 4.74 Å². The van der Waals surface area contributed by atoms with Crippen LogP contribution in [-0.2, 0) is 4.74 Å². The molecule has 1 fully saturated rings. The van der Waals surface area contributed by atoms with Crippen molar-refractivity contribution in [2.24, 2.45) is 5.41 Å². The molecule has 60 valence electrons. The number of rotatable bonds is 1. The van der Waals surface area contributed by atoms with Gasteiger partial charge in [0.2, 0.25) is 5.85 Å². The number of hydrogen-bond donors (Lipinski definition) is 0. The molecule has 1 heterocycles. The average molecular weight is 146 g/mol. The SMILES string of the molecule is CC(C)(C)CC1(F)CCO1. The van der Waals surface area contributed by atoms with Crippen LogP contribution in [0.25, 0.3) is 0 Å². The first-order valence-electron chi connectivity index (χ1n) is 3.74. The van der Waals surface area contributed by atoms with Crippen LogP contribution in [0.2, 0.25) is 0 Å². The van der Waals surface area contributed by atoms with Crippen LogP contribution < -0.4 is 0 Å². The highest BCUT2D eigenvalue weighted by atomic mass is 19.2. The Morgan fingerprint density at radius 2 is 2.00 bits per heavy atom. The molecule has 2 heteroatoms. The maximum atomic E-state index is 13.2. The van der Waals surface area contributed by atoms with Gasteiger partial charge in [0, 0.05) is 12.8 Å². The van der Waals surface area contributed by atoms with Gasteiger partial charge in [-0.25, -0.2) is 4.39 Å². The van der Waals surface area contributed by atoms with E-state index in [1.807, 2.05) is 20.8 Å². The third-order valence-corrected chi connectivity index (χ3v) is 1.63. The third-order valence-electron chi connectivity index (χ3n) is 1.63. The molecule has 1 rings (SSSR count). The Balaban J connectivity index is 2.37. The van der Waals surface area contributed by atoms with Crippen LogP contribution in [0.3, 0.4) is 0 Å². The third kappa shape index (κ3) is 1.94. The topological polar surface area (TPSA) is 9.23 Å². The summed E-state index contributed by atoms with van der Waals surface area (Å²) in [5, 5.41) is 0. The number of alkyl halides is 1. The zero-order chi connectivity index (χ0) is 7.83. The van der Waals surface area contributed by atoms with E-state index in [2.05, 4.69) is 0 Å². The fourth-order valence-electron chi connectivity index (χ4n) is 1.25. The van der Waals surface area contributed by atoms with Gasteiger partial charge in [-0.2, -0.15) is 0 Å². The first kappa shape index (κ1) is 7.99. The van der Waals surface area contributed by atoms with Crippen molar-refractivity contribution in [2.45, 2.75) is 39.5 Å². The lowest BCUT2D eigenvalue weighted by Crippen LogP contribution is -2.42. The van der Waals surface area contributed by atoms with E-state index in [1.165, 1.54) is 0 Å². The smallest absolute Gasteiger partial charge is 0.211 e. The quantitative estimate of drug-likeness (QED) is 0.552. The molecule has 0 aromatic heterocycles. The number of halogens is 1. The first-order valence-corrected chi connectivity index (χ1v) is 3.74. The van der Waals surface area contributed by atoms with E-state index in [0.717, 1.165) is 0 Å². The maximum absolute atomic E-state index is 13.2. The summed E-state index contributed by atoms with van der Waals surface area (Å²) in [6.07, 6.45) is 1.09. The molecule has 1 nitrogen and oxygen atoms in total. The van der Waals surface area contributed by atoms with Crippen molar-refractivity contribution in [3.63, 3.8) is 0 Å². The van der Waals surface area contributed by atoms with Gasteiger partial charge < -0.3 is 4.74 Å². The van der Waals surface area contributed by atoms with E-state index in [9.17, 15) is 4.39 Å². The van der Waals surface area contributed by atoms with Gasteiger partial charge in [-0.3, -0.25) is 0 Å². The van der Waals surface area contributed by atoms with E-state index < -0.39 is 5.85 Å². The maximum Gasteiger partial charge on any atom is 0.211 e. The monoisotopic (exact) mass is 146 g/mol. The molecular weight excluding hydrogens is 131 g/mol. The van der Waals surface area contributed by atoms with Gasteiger partial charge >= 0.3 is 0 Å². The summed E-state index contributed by atoms with van der Waals surface area (Å²) in [5.74, 6) is -1.29. The fourth-order valence-corrected chi connectivity index (χ4v) is 1.25. The highest BCUT2D eigenvalue weighted by molar-refractivity contribution is 4.81. The zero-order valence-corrected chi connectivity index (χ0v) is 6.91. The average Bonchev–Trinajstić information content (AvgIpc) is 1.57. The molecule has 0 bridgehead atoms. The van der Waals surface area contributed by atoms with E-state index in [1.54, 1.807) is 0 Å². The number of hydrogen-bond acceptors (Lipinski definition) is 1. The summed E-state index contributed by atoms with van der Waals surface area (Å²) < 4.78 is 18.0. The molecule has 1 aliphatic rings. The van der Waals surface area contributed by atoms with Crippen molar-refractivity contribution < 1.29 is 9.13 Å². The van der Waals surface area contributed by atoms with Crippen molar-refractivity contribution >= 4 is 0 Å². The second kappa shape index (κ2) is 2.19. The molecule has 1 unspecified atom stereocenters. The first-order chi connectivity index (χ1) is 4.41. The molecule has 0 aromatic rings. The van der Waals surface area contributed by atoms with Crippen molar-refractivity contribution in [3.8, 4) is 0 Å². The molecule has 1 atom stereocenters. The molecule has 0 radical (unpaired) electrons. The minimum Gasteiger partial charge on any atom is -0.345 e. The van der Waals surface area contributed by atoms with Gasteiger partial charge in [-0.1, -0.05) is 20.8 Å². The van der Waals surface area contributed by atoms with Crippen LogP contribution >= 0.6 is 0 Å². The van der Waals surface area contributed by atoms with Crippen LogP contribution in [0.15, 0.2) is 0 Å². The summed E-state index contributed by atoms with van der Waals surface area (Å²) in [6, 6.07) is 0. The largest absolute Gasteiger partial charge is 0.345 e. The highest BCUT2D eigenvalue weighted by Crippen LogP contribution is 2.38. The van der Waals surface area contributed by atoms with Gasteiger partial charge in [-0.05, 0) is 5.41 Å². The normalized spacial score (nSPS) is 33.6. The van der Waals surface area contributed by atoms with Gasteiger partial charge in [0.15, 0.2) is 0 Å². The standard InChI is InChI=1S/C8H15FO/c1-7(2,3)6-8(9)4-5-10-8/h4-6H2,1-3H3. The van der Waals surface area contributed by atoms with E-state index >= 15 is 0 Å². The molecule has 10 heavy (non-hydrogen) atoms. The molecule has 0 N–H and O–H groups in total. The lowest BCUT2D eigenvalue weighted by molar-refractivity contribution is -0.246. The minimum atomic E-state index is -1.29. The fraction of sp³-hybridized carbons (Fsp3) is 1.00. The van der Waals surface area contributed by atoms with Gasteiger partial charge in [0.05, 0.1) is 6.61 Å². The summed E-state index contributed by atoms with van der Waals surface area (Å²) in [6.45, 7) is 6.66. The van der Waals surface area contributed by atoms with Gasteiger partial charge in [0.1, 0.15) is 0 Å². The highest BCUT2D eigenvalue weighted by Gasteiger charge is 2.41. The number of ether oxygens (including phenoxy) is 1. The van der Waals surface area contributed by atoms with E-state index in [-0.39, 0.29) is 5.41 Å². The Labute approximate surface area is 61.6 Å². The molecular formula is C8H15FO. The summed E-state index contributed by atoms with van der Waals surface area (Å²) in [7, 11) is 0. The summed E-state index contributed by atoms with van der Waals surface area (Å²) >= 11 is 0. The Hall–Kier alpha value is -0.110. The molecule has 0 aliphatic carbocycles. The van der Waals surface area contributed by atoms with Crippen LogP contribution in [0.4, 0.5) is 4.39 Å². The Kier molecular flexibility index (Phi) is 1.75. The Morgan fingerprint density at radius 1 is 1.50 bits per heavy atom. The minimum absolute atomic E-state index is 0.0369. The van der Waals surface area contributed by atoms with Gasteiger partial charge in [0.25, 0.3) is 0 Å². The van der Waals surface area contributed by atoms with Crippen molar-refractivity contribution in [1.82, 2.24) is 0 Å². The van der Waals surface area contributed by atoms with E-state index in [0.29, 0.717) is 19.4 Å². The van der Waals surface area contributed by atoms with Crippen molar-refractivity contribution in [1.29, 1.82) is 0 Å². The van der Waals surface area contributed by atoms with Gasteiger partial charge in [-0.15, -0.1) is 0 Å². The molecule has 0 saturated carbocycles. The molecule has 1 aliphatic heterocycles. The predicted molar refractivity (Wildman–Crippen MR) is 38.5 cm³/mol.